The van der Waals surface area contributed by atoms with Crippen LogP contribution >= 0.6 is 0 Å². The third-order valence-electron chi connectivity index (χ3n) is 2.39. The maximum atomic E-state index is 11.0. The van der Waals surface area contributed by atoms with Crippen molar-refractivity contribution in [2.24, 2.45) is 0 Å². The quantitative estimate of drug-likeness (QED) is 0.759. The lowest BCUT2D eigenvalue weighted by Gasteiger charge is -2.11. The molecule has 0 bridgehead atoms. The Labute approximate surface area is 89.7 Å². The van der Waals surface area contributed by atoms with Gasteiger partial charge in [-0.25, -0.2) is 4.79 Å². The molecule has 3 heteroatoms. The van der Waals surface area contributed by atoms with Crippen molar-refractivity contribution in [3.8, 4) is 0 Å². The third kappa shape index (κ3) is 3.06. The minimum atomic E-state index is -1.07. The van der Waals surface area contributed by atoms with Crippen molar-refractivity contribution in [2.45, 2.75) is 25.9 Å². The van der Waals surface area contributed by atoms with Gasteiger partial charge in [-0.1, -0.05) is 31.2 Å². The molecule has 1 aromatic rings. The molecule has 0 aromatic heterocycles. The lowest BCUT2D eigenvalue weighted by molar-refractivity contribution is -0.150. The van der Waals surface area contributed by atoms with Crippen molar-refractivity contribution >= 4 is 5.97 Å². The molecule has 0 spiro atoms. The van der Waals surface area contributed by atoms with Crippen molar-refractivity contribution in [2.75, 3.05) is 7.11 Å². The first-order chi connectivity index (χ1) is 7.19. The number of benzene rings is 1. The van der Waals surface area contributed by atoms with E-state index >= 15 is 0 Å². The fraction of sp³-hybridized carbons (Fsp3) is 0.417. The first-order valence-corrected chi connectivity index (χ1v) is 5.01. The van der Waals surface area contributed by atoms with E-state index in [0.29, 0.717) is 6.42 Å². The maximum absolute atomic E-state index is 11.0. The second kappa shape index (κ2) is 5.51. The van der Waals surface area contributed by atoms with E-state index in [0.717, 1.165) is 17.5 Å². The molecule has 0 radical (unpaired) electrons. The Morgan fingerprint density at radius 1 is 1.40 bits per heavy atom. The lowest BCUT2D eigenvalue weighted by Crippen LogP contribution is -2.24. The van der Waals surface area contributed by atoms with Gasteiger partial charge in [0.15, 0.2) is 6.10 Å². The van der Waals surface area contributed by atoms with E-state index in [4.69, 9.17) is 0 Å². The van der Waals surface area contributed by atoms with Crippen molar-refractivity contribution in [3.05, 3.63) is 35.4 Å². The number of rotatable bonds is 4. The van der Waals surface area contributed by atoms with Gasteiger partial charge in [0.25, 0.3) is 0 Å². The molecular weight excluding hydrogens is 192 g/mol. The zero-order valence-electron chi connectivity index (χ0n) is 9.06. The van der Waals surface area contributed by atoms with Crippen LogP contribution in [0.3, 0.4) is 0 Å². The largest absolute Gasteiger partial charge is 0.467 e. The van der Waals surface area contributed by atoms with Crippen molar-refractivity contribution in [1.29, 1.82) is 0 Å². The fourth-order valence-electron chi connectivity index (χ4n) is 1.53. The monoisotopic (exact) mass is 208 g/mol. The molecule has 1 atom stereocenters. The minimum Gasteiger partial charge on any atom is -0.467 e. The van der Waals surface area contributed by atoms with Gasteiger partial charge in [-0.15, -0.1) is 0 Å². The van der Waals surface area contributed by atoms with Gasteiger partial charge in [0.1, 0.15) is 0 Å². The molecule has 0 aliphatic carbocycles. The number of hydrogen-bond acceptors (Lipinski definition) is 3. The van der Waals surface area contributed by atoms with Crippen molar-refractivity contribution in [1.82, 2.24) is 0 Å². The van der Waals surface area contributed by atoms with Crippen LogP contribution in [0.1, 0.15) is 18.1 Å². The average molecular weight is 208 g/mol. The standard InChI is InChI=1S/C12H16O3/c1-3-9-6-4-5-7-10(9)8-11(13)12(14)15-2/h4-7,11,13H,3,8H2,1-2H3/t11-/m0/s1. The molecule has 1 N–H and O–H groups in total. The van der Waals surface area contributed by atoms with Gasteiger partial charge < -0.3 is 9.84 Å². The summed E-state index contributed by atoms with van der Waals surface area (Å²) >= 11 is 0. The van der Waals surface area contributed by atoms with Gasteiger partial charge in [0.05, 0.1) is 7.11 Å². The summed E-state index contributed by atoms with van der Waals surface area (Å²) in [5.74, 6) is -0.582. The summed E-state index contributed by atoms with van der Waals surface area (Å²) in [6, 6.07) is 7.77. The van der Waals surface area contributed by atoms with Crippen LogP contribution in [-0.4, -0.2) is 24.3 Å². The van der Waals surface area contributed by atoms with E-state index in [9.17, 15) is 9.90 Å². The zero-order valence-corrected chi connectivity index (χ0v) is 9.06. The molecule has 82 valence electrons. The molecular formula is C12H16O3. The number of ether oxygens (including phenoxy) is 1. The number of aliphatic hydroxyl groups is 1. The molecule has 0 aliphatic heterocycles. The Hall–Kier alpha value is -1.35. The van der Waals surface area contributed by atoms with E-state index in [2.05, 4.69) is 4.74 Å². The van der Waals surface area contributed by atoms with Crippen LogP contribution in [0.25, 0.3) is 0 Å². The molecule has 0 aliphatic rings. The molecule has 0 saturated heterocycles. The Balaban J connectivity index is 2.75. The first-order valence-electron chi connectivity index (χ1n) is 5.01. The Bertz CT molecular complexity index is 333. The highest BCUT2D eigenvalue weighted by molar-refractivity contribution is 5.74. The fourth-order valence-corrected chi connectivity index (χ4v) is 1.53. The van der Waals surface area contributed by atoms with Crippen LogP contribution in [-0.2, 0) is 22.4 Å². The van der Waals surface area contributed by atoms with Gasteiger partial charge >= 0.3 is 5.97 Å². The van der Waals surface area contributed by atoms with Gasteiger partial charge in [-0.3, -0.25) is 0 Å². The van der Waals surface area contributed by atoms with Crippen LogP contribution in [0.15, 0.2) is 24.3 Å². The Morgan fingerprint density at radius 2 is 2.00 bits per heavy atom. The molecule has 0 amide bonds. The molecule has 1 rings (SSSR count). The maximum Gasteiger partial charge on any atom is 0.335 e. The Morgan fingerprint density at radius 3 is 2.53 bits per heavy atom. The lowest BCUT2D eigenvalue weighted by atomic mass is 10.00. The summed E-state index contributed by atoms with van der Waals surface area (Å²) in [5.41, 5.74) is 2.15. The number of carbonyl (C=O) groups is 1. The van der Waals surface area contributed by atoms with Crippen molar-refractivity contribution in [3.63, 3.8) is 0 Å². The molecule has 1 aromatic carbocycles. The number of carbonyl (C=O) groups excluding carboxylic acids is 1. The number of methoxy groups -OCH3 is 1. The summed E-state index contributed by atoms with van der Waals surface area (Å²) in [6.07, 6.45) is 0.142. The number of hydrogen-bond donors (Lipinski definition) is 1. The molecule has 3 nitrogen and oxygen atoms in total. The molecule has 15 heavy (non-hydrogen) atoms. The third-order valence-corrected chi connectivity index (χ3v) is 2.39. The minimum absolute atomic E-state index is 0.316. The summed E-state index contributed by atoms with van der Waals surface area (Å²) in [6.45, 7) is 2.04. The number of aliphatic hydroxyl groups excluding tert-OH is 1. The Kier molecular flexibility index (Phi) is 4.31. The predicted molar refractivity (Wildman–Crippen MR) is 57.5 cm³/mol. The second-order valence-electron chi connectivity index (χ2n) is 3.37. The second-order valence-corrected chi connectivity index (χ2v) is 3.37. The van der Waals surface area contributed by atoms with Crippen LogP contribution < -0.4 is 0 Å². The summed E-state index contributed by atoms with van der Waals surface area (Å²) in [5, 5.41) is 9.52. The van der Waals surface area contributed by atoms with Gasteiger partial charge in [0.2, 0.25) is 0 Å². The summed E-state index contributed by atoms with van der Waals surface area (Å²) < 4.78 is 4.47. The van der Waals surface area contributed by atoms with E-state index in [-0.39, 0.29) is 0 Å². The van der Waals surface area contributed by atoms with E-state index in [1.54, 1.807) is 0 Å². The summed E-state index contributed by atoms with van der Waals surface area (Å²) in [7, 11) is 1.28. The van der Waals surface area contributed by atoms with Gasteiger partial charge in [0, 0.05) is 6.42 Å². The van der Waals surface area contributed by atoms with E-state index in [1.807, 2.05) is 31.2 Å². The van der Waals surface area contributed by atoms with Gasteiger partial charge in [-0.05, 0) is 17.5 Å². The van der Waals surface area contributed by atoms with Crippen LogP contribution in [0.5, 0.6) is 0 Å². The highest BCUT2D eigenvalue weighted by atomic mass is 16.5. The van der Waals surface area contributed by atoms with Crippen LogP contribution in [0, 0.1) is 0 Å². The molecule has 0 unspecified atom stereocenters. The molecule has 0 heterocycles. The van der Waals surface area contributed by atoms with E-state index < -0.39 is 12.1 Å². The highest BCUT2D eigenvalue weighted by Crippen LogP contribution is 2.12. The van der Waals surface area contributed by atoms with E-state index in [1.165, 1.54) is 7.11 Å². The molecule has 0 fully saturated rings. The number of aryl methyl sites for hydroxylation is 1. The van der Waals surface area contributed by atoms with Crippen LogP contribution in [0.2, 0.25) is 0 Å². The summed E-state index contributed by atoms with van der Waals surface area (Å²) in [4.78, 5) is 11.0. The molecule has 0 saturated carbocycles. The zero-order chi connectivity index (χ0) is 11.3. The topological polar surface area (TPSA) is 46.5 Å². The van der Waals surface area contributed by atoms with Crippen LogP contribution in [0.4, 0.5) is 0 Å². The smallest absolute Gasteiger partial charge is 0.335 e. The number of esters is 1. The predicted octanol–water partition coefficient (Wildman–Crippen LogP) is 1.33. The normalized spacial score (nSPS) is 12.2. The average Bonchev–Trinajstić information content (AvgIpc) is 2.28. The van der Waals surface area contributed by atoms with Gasteiger partial charge in [-0.2, -0.15) is 0 Å². The SMILES string of the molecule is CCc1ccccc1C[C@H](O)C(=O)OC. The first kappa shape index (κ1) is 11.7. The highest BCUT2D eigenvalue weighted by Gasteiger charge is 2.16. The van der Waals surface area contributed by atoms with Crippen molar-refractivity contribution < 1.29 is 14.6 Å².